The third kappa shape index (κ3) is 5.48. The normalized spacial score (nSPS) is 11.5. The molecule has 0 atom stereocenters. The van der Waals surface area contributed by atoms with Gasteiger partial charge < -0.3 is 10.1 Å². The summed E-state index contributed by atoms with van der Waals surface area (Å²) >= 11 is 0. The Labute approximate surface area is 172 Å². The van der Waals surface area contributed by atoms with Crippen molar-refractivity contribution < 1.29 is 22.7 Å². The number of halogens is 3. The zero-order valence-corrected chi connectivity index (χ0v) is 16.7. The lowest BCUT2D eigenvalue weighted by molar-refractivity contribution is -0.176. The van der Waals surface area contributed by atoms with E-state index in [-0.39, 0.29) is 19.1 Å². The third-order valence-electron chi connectivity index (χ3n) is 4.61. The van der Waals surface area contributed by atoms with Crippen molar-refractivity contribution in [2.45, 2.75) is 33.2 Å². The van der Waals surface area contributed by atoms with Gasteiger partial charge in [-0.05, 0) is 36.6 Å². The molecule has 1 N–H and O–H groups in total. The molecule has 158 valence electrons. The number of rotatable bonds is 7. The van der Waals surface area contributed by atoms with Gasteiger partial charge in [-0.3, -0.25) is 4.79 Å². The molecule has 0 aliphatic heterocycles. The Hall–Kier alpha value is -3.13. The number of nitrogens with zero attached hydrogens (tertiary/aromatic N) is 2. The van der Waals surface area contributed by atoms with Crippen LogP contribution in [0.3, 0.4) is 0 Å². The van der Waals surface area contributed by atoms with Crippen LogP contribution in [0.15, 0.2) is 54.7 Å². The molecule has 0 unspecified atom stereocenters. The molecule has 1 aromatic heterocycles. The van der Waals surface area contributed by atoms with Gasteiger partial charge in [0.1, 0.15) is 6.61 Å². The van der Waals surface area contributed by atoms with Gasteiger partial charge >= 0.3 is 6.18 Å². The highest BCUT2D eigenvalue weighted by atomic mass is 19.4. The predicted molar refractivity (Wildman–Crippen MR) is 106 cm³/mol. The Balaban J connectivity index is 1.58. The fraction of sp³-hybridized carbons (Fsp3) is 0.273. The molecule has 0 saturated carbocycles. The highest BCUT2D eigenvalue weighted by Crippen LogP contribution is 2.18. The van der Waals surface area contributed by atoms with Crippen LogP contribution in [0.4, 0.5) is 13.2 Å². The number of benzene rings is 2. The monoisotopic (exact) mass is 417 g/mol. The molecule has 5 nitrogen and oxygen atoms in total. The first kappa shape index (κ1) is 21.6. The van der Waals surface area contributed by atoms with Crippen LogP contribution in [0, 0.1) is 13.8 Å². The lowest BCUT2D eigenvalue weighted by atomic mass is 10.1. The Morgan fingerprint density at radius 1 is 1.07 bits per heavy atom. The summed E-state index contributed by atoms with van der Waals surface area (Å²) in [6, 6.07) is 14.6. The highest BCUT2D eigenvalue weighted by Gasteiger charge is 2.27. The summed E-state index contributed by atoms with van der Waals surface area (Å²) in [6.45, 7) is 2.71. The van der Waals surface area contributed by atoms with E-state index in [2.05, 4.69) is 15.2 Å². The largest absolute Gasteiger partial charge is 0.411 e. The number of hydrogen-bond donors (Lipinski definition) is 1. The molecule has 30 heavy (non-hydrogen) atoms. The molecule has 0 bridgehead atoms. The molecule has 3 aromatic rings. The molecule has 3 rings (SSSR count). The van der Waals surface area contributed by atoms with Crippen molar-refractivity contribution >= 4 is 5.91 Å². The van der Waals surface area contributed by atoms with Gasteiger partial charge in [0.2, 0.25) is 0 Å². The first-order valence-electron chi connectivity index (χ1n) is 9.36. The molecule has 0 aliphatic rings. The molecule has 1 amide bonds. The van der Waals surface area contributed by atoms with Crippen LogP contribution in [-0.2, 0) is 17.9 Å². The van der Waals surface area contributed by atoms with Crippen molar-refractivity contribution in [3.05, 3.63) is 82.7 Å². The van der Waals surface area contributed by atoms with Gasteiger partial charge in [-0.25, -0.2) is 4.68 Å². The third-order valence-corrected chi connectivity index (χ3v) is 4.61. The van der Waals surface area contributed by atoms with Gasteiger partial charge in [-0.2, -0.15) is 18.3 Å². The van der Waals surface area contributed by atoms with Crippen LogP contribution in [0.2, 0.25) is 0 Å². The summed E-state index contributed by atoms with van der Waals surface area (Å²) in [5.74, 6) is -0.245. The molecule has 0 spiro atoms. The van der Waals surface area contributed by atoms with Crippen molar-refractivity contribution in [2.75, 3.05) is 6.61 Å². The number of amides is 1. The summed E-state index contributed by atoms with van der Waals surface area (Å²) in [5.41, 5.74) is 4.64. The average Bonchev–Trinajstić information content (AvgIpc) is 3.08. The van der Waals surface area contributed by atoms with E-state index < -0.39 is 12.8 Å². The highest BCUT2D eigenvalue weighted by molar-refractivity contribution is 5.95. The molecular formula is C22H22F3N3O2. The molecule has 1 heterocycles. The quantitative estimate of drug-likeness (QED) is 0.616. The van der Waals surface area contributed by atoms with E-state index in [9.17, 15) is 18.0 Å². The van der Waals surface area contributed by atoms with Crippen molar-refractivity contribution in [2.24, 2.45) is 0 Å². The smallest absolute Gasteiger partial charge is 0.367 e. The van der Waals surface area contributed by atoms with Crippen LogP contribution in [-0.4, -0.2) is 28.5 Å². The van der Waals surface area contributed by atoms with Gasteiger partial charge in [0.25, 0.3) is 5.91 Å². The van der Waals surface area contributed by atoms with Crippen LogP contribution in [0.1, 0.15) is 32.7 Å². The van der Waals surface area contributed by atoms with Crippen LogP contribution in [0.25, 0.3) is 5.69 Å². The number of ether oxygens (including phenoxy) is 1. The lowest BCUT2D eigenvalue weighted by Gasteiger charge is -2.10. The minimum Gasteiger partial charge on any atom is -0.367 e. The fourth-order valence-corrected chi connectivity index (χ4v) is 2.99. The Bertz CT molecular complexity index is 1010. The minimum absolute atomic E-state index is 0.122. The number of nitrogens with one attached hydrogen (secondary N) is 1. The zero-order chi connectivity index (χ0) is 21.7. The van der Waals surface area contributed by atoms with Crippen LogP contribution in [0.5, 0.6) is 0 Å². The molecule has 8 heteroatoms. The number of aromatic nitrogens is 2. The average molecular weight is 417 g/mol. The molecule has 0 saturated heterocycles. The first-order valence-corrected chi connectivity index (χ1v) is 9.36. The van der Waals surface area contributed by atoms with E-state index in [1.165, 1.54) is 6.20 Å². The SMILES string of the molecule is Cc1ccccc1-n1ncc(C(=O)NCc2ccc(COCC(F)(F)F)cc2)c1C. The molecule has 0 aliphatic carbocycles. The van der Waals surface area contributed by atoms with E-state index in [1.54, 1.807) is 28.9 Å². The Morgan fingerprint density at radius 3 is 2.40 bits per heavy atom. The topological polar surface area (TPSA) is 56.2 Å². The molecule has 0 radical (unpaired) electrons. The number of aryl methyl sites for hydroxylation is 1. The Kier molecular flexibility index (Phi) is 6.56. The lowest BCUT2D eigenvalue weighted by Crippen LogP contribution is -2.23. The van der Waals surface area contributed by atoms with E-state index in [1.807, 2.05) is 38.1 Å². The number of alkyl halides is 3. The number of para-hydroxylation sites is 1. The fourth-order valence-electron chi connectivity index (χ4n) is 2.99. The molecular weight excluding hydrogens is 395 g/mol. The number of carbonyl (C=O) groups excluding carboxylic acids is 1. The summed E-state index contributed by atoms with van der Waals surface area (Å²) < 4.78 is 42.7. The van der Waals surface area contributed by atoms with Crippen molar-refractivity contribution in [3.63, 3.8) is 0 Å². The van der Waals surface area contributed by atoms with Crippen LogP contribution < -0.4 is 5.32 Å². The number of carbonyl (C=O) groups is 1. The minimum atomic E-state index is -4.34. The van der Waals surface area contributed by atoms with Crippen molar-refractivity contribution in [3.8, 4) is 5.69 Å². The van der Waals surface area contributed by atoms with Gasteiger partial charge in [-0.1, -0.05) is 42.5 Å². The second-order valence-corrected chi connectivity index (χ2v) is 6.95. The summed E-state index contributed by atoms with van der Waals surface area (Å²) in [4.78, 5) is 12.6. The van der Waals surface area contributed by atoms with Gasteiger partial charge in [-0.15, -0.1) is 0 Å². The van der Waals surface area contributed by atoms with Gasteiger partial charge in [0, 0.05) is 6.54 Å². The van der Waals surface area contributed by atoms with E-state index >= 15 is 0 Å². The van der Waals surface area contributed by atoms with Crippen LogP contribution >= 0.6 is 0 Å². The molecule has 2 aromatic carbocycles. The predicted octanol–water partition coefficient (Wildman–Crippen LogP) is 4.50. The zero-order valence-electron chi connectivity index (χ0n) is 16.7. The van der Waals surface area contributed by atoms with E-state index in [0.29, 0.717) is 11.1 Å². The maximum atomic E-state index is 12.6. The summed E-state index contributed by atoms with van der Waals surface area (Å²) in [7, 11) is 0. The number of hydrogen-bond acceptors (Lipinski definition) is 3. The first-order chi connectivity index (χ1) is 14.2. The van der Waals surface area contributed by atoms with Gasteiger partial charge in [0.05, 0.1) is 29.7 Å². The maximum Gasteiger partial charge on any atom is 0.411 e. The summed E-state index contributed by atoms with van der Waals surface area (Å²) in [5, 5.41) is 7.19. The second-order valence-electron chi connectivity index (χ2n) is 6.95. The van der Waals surface area contributed by atoms with E-state index in [0.717, 1.165) is 22.5 Å². The Morgan fingerprint density at radius 2 is 1.73 bits per heavy atom. The van der Waals surface area contributed by atoms with Gasteiger partial charge in [0.15, 0.2) is 0 Å². The van der Waals surface area contributed by atoms with Crippen molar-refractivity contribution in [1.29, 1.82) is 0 Å². The van der Waals surface area contributed by atoms with E-state index in [4.69, 9.17) is 0 Å². The molecule has 0 fully saturated rings. The standard InChI is InChI=1S/C22H22F3N3O2/c1-15-5-3-4-6-20(15)28-16(2)19(12-27-28)21(29)26-11-17-7-9-18(10-8-17)13-30-14-22(23,24)25/h3-10,12H,11,13-14H2,1-2H3,(H,26,29). The second kappa shape index (κ2) is 9.13. The van der Waals surface area contributed by atoms with Crippen molar-refractivity contribution in [1.82, 2.24) is 15.1 Å². The summed E-state index contributed by atoms with van der Waals surface area (Å²) in [6.07, 6.45) is -2.80. The maximum absolute atomic E-state index is 12.6.